The summed E-state index contributed by atoms with van der Waals surface area (Å²) < 4.78 is 18.9. The second-order valence-electron chi connectivity index (χ2n) is 6.26. The average Bonchev–Trinajstić information content (AvgIpc) is 2.67. The number of benzene rings is 2. The normalized spacial score (nSPS) is 17.1. The van der Waals surface area contributed by atoms with Crippen molar-refractivity contribution >= 4 is 11.6 Å². The zero-order valence-electron chi connectivity index (χ0n) is 14.1. The number of hydrogen-bond acceptors (Lipinski definition) is 4. The molecule has 0 aromatic heterocycles. The Bertz CT molecular complexity index is 794. The maximum Gasteiger partial charge on any atom is 0.269 e. The molecule has 0 spiro atoms. The van der Waals surface area contributed by atoms with Crippen molar-refractivity contribution in [2.45, 2.75) is 25.6 Å². The summed E-state index contributed by atoms with van der Waals surface area (Å²) in [7, 11) is 0. The maximum absolute atomic E-state index is 13.0. The molecule has 2 aromatic rings. The molecule has 1 atom stereocenters. The van der Waals surface area contributed by atoms with Crippen LogP contribution < -0.4 is 0 Å². The van der Waals surface area contributed by atoms with Crippen LogP contribution in [-0.2, 0) is 11.3 Å². The maximum atomic E-state index is 13.0. The number of nitro benzene ring substituents is 1. The van der Waals surface area contributed by atoms with E-state index in [1.54, 1.807) is 17.0 Å². The Morgan fingerprint density at radius 3 is 2.77 bits per heavy atom. The fourth-order valence-corrected chi connectivity index (χ4v) is 3.01. The van der Waals surface area contributed by atoms with E-state index in [0.29, 0.717) is 18.7 Å². The minimum atomic E-state index is -0.437. The number of rotatable bonds is 5. The molecule has 136 valence electrons. The van der Waals surface area contributed by atoms with Crippen LogP contribution in [0.3, 0.4) is 0 Å². The first-order chi connectivity index (χ1) is 12.5. The van der Waals surface area contributed by atoms with Gasteiger partial charge in [-0.3, -0.25) is 14.9 Å². The predicted molar refractivity (Wildman–Crippen MR) is 93.2 cm³/mol. The standard InChI is InChI=1S/C19H19FN2O4/c20-16-8-6-15(7-9-16)19(23)21-10-2-5-18(12-21)26-13-14-3-1-4-17(11-14)22(24)25/h1,3-4,6-9,11,18H,2,5,10,12-13H2. The molecule has 0 radical (unpaired) electrons. The summed E-state index contributed by atoms with van der Waals surface area (Å²) >= 11 is 0. The Labute approximate surface area is 150 Å². The van der Waals surface area contributed by atoms with Gasteiger partial charge in [0.2, 0.25) is 0 Å². The van der Waals surface area contributed by atoms with Gasteiger partial charge in [-0.15, -0.1) is 0 Å². The third kappa shape index (κ3) is 4.43. The number of likely N-dealkylation sites (tertiary alicyclic amines) is 1. The second-order valence-corrected chi connectivity index (χ2v) is 6.26. The Morgan fingerprint density at radius 1 is 1.27 bits per heavy atom. The minimum absolute atomic E-state index is 0.0304. The first kappa shape index (κ1) is 18.0. The van der Waals surface area contributed by atoms with Crippen molar-refractivity contribution < 1.29 is 18.8 Å². The van der Waals surface area contributed by atoms with Gasteiger partial charge in [-0.25, -0.2) is 4.39 Å². The lowest BCUT2D eigenvalue weighted by Gasteiger charge is -2.32. The molecule has 1 fully saturated rings. The average molecular weight is 358 g/mol. The molecule has 2 aromatic carbocycles. The van der Waals surface area contributed by atoms with Gasteiger partial charge in [0.05, 0.1) is 17.6 Å². The molecule has 1 unspecified atom stereocenters. The molecule has 6 nitrogen and oxygen atoms in total. The van der Waals surface area contributed by atoms with Crippen molar-refractivity contribution in [1.29, 1.82) is 0 Å². The smallest absolute Gasteiger partial charge is 0.269 e. The van der Waals surface area contributed by atoms with Crippen molar-refractivity contribution in [3.05, 3.63) is 75.6 Å². The Morgan fingerprint density at radius 2 is 2.04 bits per heavy atom. The fourth-order valence-electron chi connectivity index (χ4n) is 3.01. The molecule has 0 saturated carbocycles. The van der Waals surface area contributed by atoms with E-state index in [2.05, 4.69) is 0 Å². The molecule has 0 aliphatic carbocycles. The second kappa shape index (κ2) is 8.05. The molecular weight excluding hydrogens is 339 g/mol. The number of piperidine rings is 1. The number of halogens is 1. The lowest BCUT2D eigenvalue weighted by atomic mass is 10.1. The monoisotopic (exact) mass is 358 g/mol. The summed E-state index contributed by atoms with van der Waals surface area (Å²) in [4.78, 5) is 24.6. The van der Waals surface area contributed by atoms with Crippen LogP contribution in [0.1, 0.15) is 28.8 Å². The largest absolute Gasteiger partial charge is 0.372 e. The number of amides is 1. The molecule has 3 rings (SSSR count). The highest BCUT2D eigenvalue weighted by Gasteiger charge is 2.25. The highest BCUT2D eigenvalue weighted by Crippen LogP contribution is 2.19. The van der Waals surface area contributed by atoms with Gasteiger partial charge in [-0.05, 0) is 42.7 Å². The number of hydrogen-bond donors (Lipinski definition) is 0. The Kier molecular flexibility index (Phi) is 5.58. The molecule has 1 aliphatic heterocycles. The molecule has 1 amide bonds. The first-order valence-corrected chi connectivity index (χ1v) is 8.43. The molecule has 0 bridgehead atoms. The van der Waals surface area contributed by atoms with Gasteiger partial charge in [-0.1, -0.05) is 12.1 Å². The van der Waals surface area contributed by atoms with E-state index in [9.17, 15) is 19.3 Å². The van der Waals surface area contributed by atoms with Crippen molar-refractivity contribution in [2.24, 2.45) is 0 Å². The zero-order valence-corrected chi connectivity index (χ0v) is 14.1. The molecule has 7 heteroatoms. The summed E-state index contributed by atoms with van der Waals surface area (Å²) in [5, 5.41) is 10.8. The quantitative estimate of drug-likeness (QED) is 0.605. The molecule has 0 N–H and O–H groups in total. The van der Waals surface area contributed by atoms with Crippen molar-refractivity contribution in [2.75, 3.05) is 13.1 Å². The van der Waals surface area contributed by atoms with Crippen LogP contribution >= 0.6 is 0 Å². The molecule has 26 heavy (non-hydrogen) atoms. The first-order valence-electron chi connectivity index (χ1n) is 8.43. The SMILES string of the molecule is O=C(c1ccc(F)cc1)N1CCCC(OCc2cccc([N+](=O)[O-])c2)C1. The van der Waals surface area contributed by atoms with Crippen LogP contribution in [0.15, 0.2) is 48.5 Å². The summed E-state index contributed by atoms with van der Waals surface area (Å²) in [5.41, 5.74) is 1.20. The Hall–Kier alpha value is -2.80. The van der Waals surface area contributed by atoms with Gasteiger partial charge in [0.1, 0.15) is 5.82 Å². The van der Waals surface area contributed by atoms with Crippen molar-refractivity contribution in [3.8, 4) is 0 Å². The highest BCUT2D eigenvalue weighted by molar-refractivity contribution is 5.94. The number of nitrogens with zero attached hydrogens (tertiary/aromatic N) is 2. The van der Waals surface area contributed by atoms with Crippen molar-refractivity contribution in [1.82, 2.24) is 4.90 Å². The molecule has 1 saturated heterocycles. The number of carbonyl (C=O) groups excluding carboxylic acids is 1. The lowest BCUT2D eigenvalue weighted by molar-refractivity contribution is -0.385. The van der Waals surface area contributed by atoms with Crippen LogP contribution in [0.4, 0.5) is 10.1 Å². The van der Waals surface area contributed by atoms with E-state index in [1.165, 1.54) is 36.4 Å². The van der Waals surface area contributed by atoms with E-state index >= 15 is 0 Å². The van der Waals surface area contributed by atoms with Gasteiger partial charge in [0.25, 0.3) is 11.6 Å². The van der Waals surface area contributed by atoms with E-state index in [1.807, 2.05) is 0 Å². The number of non-ortho nitro benzene ring substituents is 1. The molecule has 1 heterocycles. The summed E-state index contributed by atoms with van der Waals surface area (Å²) in [5.74, 6) is -0.521. The number of nitro groups is 1. The Balaban J connectivity index is 1.58. The zero-order chi connectivity index (χ0) is 18.5. The van der Waals surface area contributed by atoms with Crippen LogP contribution in [0.25, 0.3) is 0 Å². The fraction of sp³-hybridized carbons (Fsp3) is 0.316. The summed E-state index contributed by atoms with van der Waals surface area (Å²) in [6, 6.07) is 11.8. The van der Waals surface area contributed by atoms with E-state index in [4.69, 9.17) is 4.74 Å². The minimum Gasteiger partial charge on any atom is -0.372 e. The topological polar surface area (TPSA) is 72.7 Å². The van der Waals surface area contributed by atoms with E-state index < -0.39 is 4.92 Å². The van der Waals surface area contributed by atoms with Gasteiger partial charge in [0.15, 0.2) is 0 Å². The third-order valence-corrected chi connectivity index (χ3v) is 4.36. The van der Waals surface area contributed by atoms with Gasteiger partial charge >= 0.3 is 0 Å². The predicted octanol–water partition coefficient (Wildman–Crippen LogP) is 3.56. The van der Waals surface area contributed by atoms with Crippen LogP contribution in [0.2, 0.25) is 0 Å². The van der Waals surface area contributed by atoms with Crippen molar-refractivity contribution in [3.63, 3.8) is 0 Å². The third-order valence-electron chi connectivity index (χ3n) is 4.36. The van der Waals surface area contributed by atoms with Crippen LogP contribution in [0, 0.1) is 15.9 Å². The highest BCUT2D eigenvalue weighted by atomic mass is 19.1. The van der Waals surface area contributed by atoms with Crippen LogP contribution in [-0.4, -0.2) is 34.9 Å². The summed E-state index contributed by atoms with van der Waals surface area (Å²) in [6.07, 6.45) is 1.50. The van der Waals surface area contributed by atoms with E-state index in [0.717, 1.165) is 18.4 Å². The molecule has 1 aliphatic rings. The van der Waals surface area contributed by atoms with Gasteiger partial charge in [-0.2, -0.15) is 0 Å². The lowest BCUT2D eigenvalue weighted by Crippen LogP contribution is -2.43. The number of ether oxygens (including phenoxy) is 1. The summed E-state index contributed by atoms with van der Waals surface area (Å²) in [6.45, 7) is 1.34. The van der Waals surface area contributed by atoms with Crippen LogP contribution in [0.5, 0.6) is 0 Å². The number of carbonyl (C=O) groups is 1. The molecular formula is C19H19FN2O4. The van der Waals surface area contributed by atoms with Gasteiger partial charge < -0.3 is 9.64 Å². The van der Waals surface area contributed by atoms with Gasteiger partial charge in [0, 0.05) is 30.8 Å². The van der Waals surface area contributed by atoms with E-state index in [-0.39, 0.29) is 30.1 Å².